The first-order valence-corrected chi connectivity index (χ1v) is 10.0. The van der Waals surface area contributed by atoms with Crippen molar-refractivity contribution in [3.63, 3.8) is 0 Å². The average Bonchev–Trinajstić information content (AvgIpc) is 3.34. The number of halogens is 1. The van der Waals surface area contributed by atoms with Crippen molar-refractivity contribution in [2.24, 2.45) is 0 Å². The number of carbonyl (C=O) groups is 1. The number of amides is 1. The Labute approximate surface area is 177 Å². The number of carbonyl (C=O) groups excluding carboxylic acids is 1. The number of rotatable bonds is 6. The van der Waals surface area contributed by atoms with E-state index in [0.717, 1.165) is 22.6 Å². The van der Waals surface area contributed by atoms with Crippen molar-refractivity contribution in [3.8, 4) is 16.3 Å². The zero-order chi connectivity index (χ0) is 21.1. The van der Waals surface area contributed by atoms with E-state index < -0.39 is 0 Å². The second-order valence-electron chi connectivity index (χ2n) is 6.65. The molecule has 0 bridgehead atoms. The molecule has 1 amide bonds. The predicted molar refractivity (Wildman–Crippen MR) is 115 cm³/mol. The van der Waals surface area contributed by atoms with Crippen LogP contribution in [0.3, 0.4) is 0 Å². The largest absolute Gasteiger partial charge is 0.497 e. The molecule has 0 fully saturated rings. The lowest BCUT2D eigenvalue weighted by molar-refractivity contribution is 0.103. The van der Waals surface area contributed by atoms with Gasteiger partial charge in [0.05, 0.1) is 31.2 Å². The summed E-state index contributed by atoms with van der Waals surface area (Å²) in [6, 6.07) is 14.1. The molecule has 8 heteroatoms. The van der Waals surface area contributed by atoms with Crippen molar-refractivity contribution < 1.29 is 13.9 Å². The molecule has 0 unspecified atom stereocenters. The molecule has 0 aliphatic heterocycles. The van der Waals surface area contributed by atoms with Gasteiger partial charge in [-0.3, -0.25) is 9.48 Å². The zero-order valence-electron chi connectivity index (χ0n) is 16.4. The maximum absolute atomic E-state index is 14.0. The van der Waals surface area contributed by atoms with Gasteiger partial charge in [0.1, 0.15) is 21.5 Å². The molecule has 4 aromatic rings. The van der Waals surface area contributed by atoms with E-state index in [1.54, 1.807) is 49.3 Å². The summed E-state index contributed by atoms with van der Waals surface area (Å²) in [7, 11) is 1.62. The number of methoxy groups -OCH3 is 1. The Hall–Kier alpha value is -3.52. The summed E-state index contributed by atoms with van der Waals surface area (Å²) in [5, 5.41) is 7.61. The molecule has 0 aliphatic rings. The van der Waals surface area contributed by atoms with Crippen LogP contribution < -0.4 is 10.1 Å². The summed E-state index contributed by atoms with van der Waals surface area (Å²) in [6.07, 6.45) is 3.34. The average molecular weight is 422 g/mol. The van der Waals surface area contributed by atoms with Crippen LogP contribution in [-0.4, -0.2) is 27.8 Å². The van der Waals surface area contributed by atoms with Gasteiger partial charge >= 0.3 is 0 Å². The summed E-state index contributed by atoms with van der Waals surface area (Å²) in [6.45, 7) is 2.28. The van der Waals surface area contributed by atoms with Crippen LogP contribution in [0.1, 0.15) is 20.9 Å². The highest BCUT2D eigenvalue weighted by molar-refractivity contribution is 7.17. The van der Waals surface area contributed by atoms with Gasteiger partial charge in [-0.15, -0.1) is 11.3 Å². The van der Waals surface area contributed by atoms with Crippen molar-refractivity contribution in [3.05, 3.63) is 82.9 Å². The molecule has 0 saturated carbocycles. The highest BCUT2D eigenvalue weighted by Crippen LogP contribution is 2.30. The van der Waals surface area contributed by atoms with E-state index in [4.69, 9.17) is 4.74 Å². The number of hydrogen-bond donors (Lipinski definition) is 1. The first-order chi connectivity index (χ1) is 14.5. The molecule has 1 N–H and O–H groups in total. The van der Waals surface area contributed by atoms with Crippen molar-refractivity contribution in [2.45, 2.75) is 13.5 Å². The van der Waals surface area contributed by atoms with Crippen molar-refractivity contribution in [1.82, 2.24) is 14.8 Å². The number of ether oxygens (including phenoxy) is 1. The van der Waals surface area contributed by atoms with Gasteiger partial charge in [-0.25, -0.2) is 9.37 Å². The van der Waals surface area contributed by atoms with E-state index >= 15 is 0 Å². The summed E-state index contributed by atoms with van der Waals surface area (Å²) in [5.74, 6) is 0.116. The van der Waals surface area contributed by atoms with Crippen LogP contribution in [-0.2, 0) is 6.54 Å². The number of anilines is 1. The monoisotopic (exact) mass is 422 g/mol. The number of hydrogen-bond acceptors (Lipinski definition) is 5. The Morgan fingerprint density at radius 3 is 2.87 bits per heavy atom. The Morgan fingerprint density at radius 2 is 2.07 bits per heavy atom. The topological polar surface area (TPSA) is 69.0 Å². The highest BCUT2D eigenvalue weighted by Gasteiger charge is 2.18. The Morgan fingerprint density at radius 1 is 1.23 bits per heavy atom. The third kappa shape index (κ3) is 4.23. The van der Waals surface area contributed by atoms with Crippen LogP contribution >= 0.6 is 11.3 Å². The van der Waals surface area contributed by atoms with E-state index in [1.165, 1.54) is 6.07 Å². The zero-order valence-corrected chi connectivity index (χ0v) is 17.2. The van der Waals surface area contributed by atoms with Crippen molar-refractivity contribution in [2.75, 3.05) is 12.4 Å². The smallest absolute Gasteiger partial charge is 0.267 e. The maximum atomic E-state index is 14.0. The minimum atomic E-state index is -0.364. The Kier molecular flexibility index (Phi) is 5.58. The lowest BCUT2D eigenvalue weighted by atomic mass is 10.2. The fourth-order valence-electron chi connectivity index (χ4n) is 3.02. The van der Waals surface area contributed by atoms with Crippen molar-refractivity contribution in [1.29, 1.82) is 0 Å². The summed E-state index contributed by atoms with van der Waals surface area (Å²) >= 11 is 1.16. The lowest BCUT2D eigenvalue weighted by Crippen LogP contribution is -2.11. The highest BCUT2D eigenvalue weighted by atomic mass is 32.1. The van der Waals surface area contributed by atoms with E-state index in [-0.39, 0.29) is 11.7 Å². The third-order valence-corrected chi connectivity index (χ3v) is 5.67. The number of thiazole rings is 1. The summed E-state index contributed by atoms with van der Waals surface area (Å²) in [5.41, 5.74) is 2.54. The molecular weight excluding hydrogens is 403 g/mol. The molecule has 2 heterocycles. The first-order valence-electron chi connectivity index (χ1n) is 9.22. The summed E-state index contributed by atoms with van der Waals surface area (Å²) in [4.78, 5) is 17.5. The second kappa shape index (κ2) is 8.46. The van der Waals surface area contributed by atoms with Gasteiger partial charge in [0.15, 0.2) is 0 Å². The van der Waals surface area contributed by atoms with Gasteiger partial charge in [0.2, 0.25) is 0 Å². The second-order valence-corrected chi connectivity index (χ2v) is 7.64. The molecule has 2 aromatic heterocycles. The van der Waals surface area contributed by atoms with Gasteiger partial charge in [-0.1, -0.05) is 24.3 Å². The summed E-state index contributed by atoms with van der Waals surface area (Å²) < 4.78 is 21.0. The number of nitrogens with one attached hydrogen (secondary N) is 1. The van der Waals surface area contributed by atoms with Gasteiger partial charge < -0.3 is 10.1 Å². The van der Waals surface area contributed by atoms with Crippen molar-refractivity contribution >= 4 is 22.9 Å². The number of nitrogens with zero attached hydrogens (tertiary/aromatic N) is 3. The molecule has 152 valence electrons. The molecule has 0 spiro atoms. The normalized spacial score (nSPS) is 10.8. The number of benzene rings is 2. The molecule has 30 heavy (non-hydrogen) atoms. The molecule has 4 rings (SSSR count). The van der Waals surface area contributed by atoms with E-state index in [1.807, 2.05) is 24.3 Å². The Balaban J connectivity index is 1.48. The Bertz CT molecular complexity index is 1200. The van der Waals surface area contributed by atoms with Crippen LogP contribution in [0.15, 0.2) is 60.9 Å². The molecular formula is C22H19FN4O2S. The van der Waals surface area contributed by atoms with Crippen LogP contribution in [0, 0.1) is 12.7 Å². The van der Waals surface area contributed by atoms with E-state index in [9.17, 15) is 9.18 Å². The van der Waals surface area contributed by atoms with Crippen LogP contribution in [0.25, 0.3) is 10.6 Å². The van der Waals surface area contributed by atoms with E-state index in [2.05, 4.69) is 15.4 Å². The third-order valence-electron chi connectivity index (χ3n) is 4.48. The van der Waals surface area contributed by atoms with Gasteiger partial charge in [0.25, 0.3) is 5.91 Å². The molecule has 2 aromatic carbocycles. The quantitative estimate of drug-likeness (QED) is 0.486. The number of aryl methyl sites for hydroxylation is 1. The maximum Gasteiger partial charge on any atom is 0.267 e. The number of aromatic nitrogens is 3. The van der Waals surface area contributed by atoms with Crippen LogP contribution in [0.5, 0.6) is 5.75 Å². The predicted octanol–water partition coefficient (Wildman–Crippen LogP) is 4.76. The molecule has 0 radical (unpaired) electrons. The van der Waals surface area contributed by atoms with Gasteiger partial charge in [-0.2, -0.15) is 5.10 Å². The molecule has 0 saturated heterocycles. The van der Waals surface area contributed by atoms with Gasteiger partial charge in [0, 0.05) is 11.8 Å². The lowest BCUT2D eigenvalue weighted by Gasteiger charge is -2.04. The van der Waals surface area contributed by atoms with Crippen LogP contribution in [0.4, 0.5) is 10.1 Å². The van der Waals surface area contributed by atoms with Crippen LogP contribution in [0.2, 0.25) is 0 Å². The fourth-order valence-corrected chi connectivity index (χ4v) is 4.01. The SMILES string of the molecule is COc1cccc(Cn2cc(NC(=O)c3sc(-c4ccccc4F)nc3C)cn2)c1. The fraction of sp³-hybridized carbons (Fsp3) is 0.136. The first kappa shape index (κ1) is 19.8. The molecule has 0 atom stereocenters. The minimum absolute atomic E-state index is 0.298. The minimum Gasteiger partial charge on any atom is -0.497 e. The van der Waals surface area contributed by atoms with Gasteiger partial charge in [-0.05, 0) is 36.8 Å². The standard InChI is InChI=1S/C22H19FN4O2S/c1-14-20(30-22(25-14)18-8-3-4-9-19(18)23)21(28)26-16-11-24-27(13-16)12-15-6-5-7-17(10-15)29-2/h3-11,13H,12H2,1-2H3,(H,26,28). The van der Waals surface area contributed by atoms with E-state index in [0.29, 0.717) is 33.4 Å². The molecule has 6 nitrogen and oxygen atoms in total. The molecule has 0 aliphatic carbocycles.